The van der Waals surface area contributed by atoms with Crippen molar-refractivity contribution in [2.45, 2.75) is 31.9 Å². The van der Waals surface area contributed by atoms with Gasteiger partial charge in [-0.25, -0.2) is 4.98 Å². The second-order valence-electron chi connectivity index (χ2n) is 6.22. The predicted molar refractivity (Wildman–Crippen MR) is 88.4 cm³/mol. The molecule has 1 fully saturated rings. The number of fused-ring (bicyclic) bond motifs is 1. The Balaban J connectivity index is 1.63. The van der Waals surface area contributed by atoms with Gasteiger partial charge in [-0.15, -0.1) is 0 Å². The maximum atomic E-state index is 12.5. The van der Waals surface area contributed by atoms with E-state index in [-0.39, 0.29) is 17.6 Å². The summed E-state index contributed by atoms with van der Waals surface area (Å²) in [6, 6.07) is 9.54. The van der Waals surface area contributed by atoms with Crippen molar-refractivity contribution in [3.63, 3.8) is 0 Å². The van der Waals surface area contributed by atoms with Crippen LogP contribution in [0.4, 0.5) is 0 Å². The molecule has 0 aliphatic carbocycles. The number of carbonyl (C=O) groups is 1. The van der Waals surface area contributed by atoms with Gasteiger partial charge in [0.05, 0.1) is 12.2 Å². The van der Waals surface area contributed by atoms with E-state index in [1.165, 1.54) is 0 Å². The van der Waals surface area contributed by atoms with Gasteiger partial charge < -0.3 is 14.6 Å². The number of nitrogens with zero attached hydrogens (tertiary/aromatic N) is 2. The Hall–Kier alpha value is -2.47. The highest BCUT2D eigenvalue weighted by molar-refractivity contribution is 5.81. The van der Waals surface area contributed by atoms with Crippen LogP contribution in [0.2, 0.25) is 0 Å². The molecule has 0 radical (unpaired) electrons. The molecule has 1 aromatic carbocycles. The number of amides is 1. The van der Waals surface area contributed by atoms with E-state index in [2.05, 4.69) is 9.97 Å². The fraction of sp³-hybridized carbons (Fsp3) is 0.389. The molecule has 1 saturated heterocycles. The van der Waals surface area contributed by atoms with Crippen LogP contribution in [0.1, 0.15) is 24.1 Å². The van der Waals surface area contributed by atoms with E-state index in [1.807, 2.05) is 30.3 Å². The van der Waals surface area contributed by atoms with E-state index in [0.29, 0.717) is 43.2 Å². The van der Waals surface area contributed by atoms with Crippen molar-refractivity contribution in [1.29, 1.82) is 0 Å². The number of rotatable bonds is 2. The fourth-order valence-corrected chi connectivity index (χ4v) is 3.34. The number of ether oxygens (including phenoxy) is 1. The Bertz CT molecular complexity index is 810. The minimum atomic E-state index is -0.331. The molecule has 0 spiro atoms. The van der Waals surface area contributed by atoms with E-state index in [1.54, 1.807) is 4.90 Å². The lowest BCUT2D eigenvalue weighted by Gasteiger charge is -2.29. The third kappa shape index (κ3) is 2.73. The number of benzene rings is 1. The van der Waals surface area contributed by atoms with Gasteiger partial charge in [0.2, 0.25) is 0 Å². The summed E-state index contributed by atoms with van der Waals surface area (Å²) in [5.74, 6) is 0.562. The lowest BCUT2D eigenvalue weighted by Crippen LogP contribution is -2.43. The summed E-state index contributed by atoms with van der Waals surface area (Å²) in [6.07, 6.45) is 1.91. The Kier molecular flexibility index (Phi) is 3.90. The monoisotopic (exact) mass is 325 g/mol. The molecular formula is C18H19N3O3. The van der Waals surface area contributed by atoms with Crippen LogP contribution < -0.4 is 5.56 Å². The summed E-state index contributed by atoms with van der Waals surface area (Å²) < 4.78 is 5.49. The third-order valence-corrected chi connectivity index (χ3v) is 4.64. The Labute approximate surface area is 139 Å². The maximum absolute atomic E-state index is 12.5. The number of hydrogen-bond acceptors (Lipinski definition) is 4. The summed E-state index contributed by atoms with van der Waals surface area (Å²) in [4.78, 5) is 34.1. The Morgan fingerprint density at radius 3 is 2.88 bits per heavy atom. The number of H-pyrrole nitrogens is 1. The summed E-state index contributed by atoms with van der Waals surface area (Å²) in [6.45, 7) is 1.57. The molecule has 2 aromatic rings. The lowest BCUT2D eigenvalue weighted by molar-refractivity contribution is -0.141. The number of nitrogens with one attached hydrogen (secondary N) is 1. The molecule has 2 aliphatic rings. The molecule has 1 unspecified atom stereocenters. The van der Waals surface area contributed by atoms with Crippen molar-refractivity contribution < 1.29 is 9.53 Å². The van der Waals surface area contributed by atoms with Gasteiger partial charge in [-0.1, -0.05) is 30.3 Å². The third-order valence-electron chi connectivity index (χ3n) is 4.64. The van der Waals surface area contributed by atoms with Gasteiger partial charge in [0, 0.05) is 24.3 Å². The first-order valence-electron chi connectivity index (χ1n) is 8.30. The zero-order valence-electron chi connectivity index (χ0n) is 13.3. The standard InChI is InChI=1S/C18H19N3O3/c22-17-13-8-9-21(18(23)15-7-4-10-24-15)11-14(13)19-16(20-17)12-5-2-1-3-6-12/h1-3,5-6,15H,4,7-11H2,(H,19,20,22). The highest BCUT2D eigenvalue weighted by Gasteiger charge is 2.31. The molecule has 6 heteroatoms. The fourth-order valence-electron chi connectivity index (χ4n) is 3.34. The Morgan fingerprint density at radius 2 is 2.12 bits per heavy atom. The quantitative estimate of drug-likeness (QED) is 0.908. The first-order valence-corrected chi connectivity index (χ1v) is 8.30. The van der Waals surface area contributed by atoms with Gasteiger partial charge in [-0.05, 0) is 19.3 Å². The topological polar surface area (TPSA) is 75.3 Å². The largest absolute Gasteiger partial charge is 0.368 e. The first kappa shape index (κ1) is 15.1. The van der Waals surface area contributed by atoms with Crippen molar-refractivity contribution >= 4 is 5.91 Å². The predicted octanol–water partition coefficient (Wildman–Crippen LogP) is 1.50. The number of aromatic amines is 1. The first-order chi connectivity index (χ1) is 11.7. The van der Waals surface area contributed by atoms with E-state index in [9.17, 15) is 9.59 Å². The van der Waals surface area contributed by atoms with Gasteiger partial charge in [0.15, 0.2) is 0 Å². The average molecular weight is 325 g/mol. The van der Waals surface area contributed by atoms with Crippen LogP contribution in [0.3, 0.4) is 0 Å². The molecule has 1 atom stereocenters. The molecule has 2 aliphatic heterocycles. The summed E-state index contributed by atoms with van der Waals surface area (Å²) in [7, 11) is 0. The van der Waals surface area contributed by atoms with Crippen LogP contribution in [0.25, 0.3) is 11.4 Å². The van der Waals surface area contributed by atoms with Gasteiger partial charge >= 0.3 is 0 Å². The van der Waals surface area contributed by atoms with E-state index in [0.717, 1.165) is 18.4 Å². The second kappa shape index (κ2) is 6.20. The molecule has 1 amide bonds. The molecule has 0 saturated carbocycles. The number of aromatic nitrogens is 2. The Morgan fingerprint density at radius 1 is 1.29 bits per heavy atom. The SMILES string of the molecule is O=C(C1CCCO1)N1CCc2c(nc(-c3ccccc3)[nH]c2=O)C1. The lowest BCUT2D eigenvalue weighted by atomic mass is 10.0. The molecule has 0 bridgehead atoms. The van der Waals surface area contributed by atoms with E-state index >= 15 is 0 Å². The highest BCUT2D eigenvalue weighted by Crippen LogP contribution is 2.21. The summed E-state index contributed by atoms with van der Waals surface area (Å²) in [5, 5.41) is 0. The number of carbonyl (C=O) groups excluding carboxylic acids is 1. The molecule has 124 valence electrons. The minimum absolute atomic E-state index is 0.0153. The second-order valence-corrected chi connectivity index (χ2v) is 6.22. The van der Waals surface area contributed by atoms with Crippen molar-refractivity contribution in [3.05, 3.63) is 51.9 Å². The van der Waals surface area contributed by atoms with E-state index in [4.69, 9.17) is 4.74 Å². The smallest absolute Gasteiger partial charge is 0.254 e. The maximum Gasteiger partial charge on any atom is 0.254 e. The average Bonchev–Trinajstić information content (AvgIpc) is 3.16. The normalized spacial score (nSPS) is 20.0. The summed E-state index contributed by atoms with van der Waals surface area (Å²) in [5.41, 5.74) is 2.13. The molecule has 24 heavy (non-hydrogen) atoms. The van der Waals surface area contributed by atoms with Crippen LogP contribution in [0.5, 0.6) is 0 Å². The number of hydrogen-bond donors (Lipinski definition) is 1. The van der Waals surface area contributed by atoms with Gasteiger partial charge in [-0.3, -0.25) is 9.59 Å². The van der Waals surface area contributed by atoms with Crippen molar-refractivity contribution in [2.24, 2.45) is 0 Å². The summed E-state index contributed by atoms with van der Waals surface area (Å²) >= 11 is 0. The van der Waals surface area contributed by atoms with E-state index < -0.39 is 0 Å². The van der Waals surface area contributed by atoms with Crippen LogP contribution in [-0.2, 0) is 22.5 Å². The molecular weight excluding hydrogens is 306 g/mol. The molecule has 1 N–H and O–H groups in total. The van der Waals surface area contributed by atoms with Crippen LogP contribution in [-0.4, -0.2) is 40.0 Å². The van der Waals surface area contributed by atoms with Gasteiger partial charge in [0.1, 0.15) is 11.9 Å². The van der Waals surface area contributed by atoms with Crippen LogP contribution >= 0.6 is 0 Å². The van der Waals surface area contributed by atoms with Crippen molar-refractivity contribution in [1.82, 2.24) is 14.9 Å². The molecule has 6 nitrogen and oxygen atoms in total. The van der Waals surface area contributed by atoms with Gasteiger partial charge in [-0.2, -0.15) is 0 Å². The zero-order chi connectivity index (χ0) is 16.5. The van der Waals surface area contributed by atoms with Crippen molar-refractivity contribution in [2.75, 3.05) is 13.2 Å². The minimum Gasteiger partial charge on any atom is -0.368 e. The molecule has 1 aromatic heterocycles. The van der Waals surface area contributed by atoms with Crippen LogP contribution in [0.15, 0.2) is 35.1 Å². The van der Waals surface area contributed by atoms with Crippen LogP contribution in [0, 0.1) is 0 Å². The molecule has 4 rings (SSSR count). The molecule has 3 heterocycles. The zero-order valence-corrected chi connectivity index (χ0v) is 13.3. The highest BCUT2D eigenvalue weighted by atomic mass is 16.5. The van der Waals surface area contributed by atoms with Gasteiger partial charge in [0.25, 0.3) is 11.5 Å². The van der Waals surface area contributed by atoms with Crippen molar-refractivity contribution in [3.8, 4) is 11.4 Å².